The molecule has 0 aromatic heterocycles. The first kappa shape index (κ1) is 62.2. The first-order chi connectivity index (χ1) is 30.1. The molecule has 6 N–H and O–H groups in total. The molecule has 0 atom stereocenters. The molecule has 1 aromatic rings. The van der Waals surface area contributed by atoms with Crippen LogP contribution in [-0.4, -0.2) is 55.6 Å². The van der Waals surface area contributed by atoms with E-state index in [4.69, 9.17) is 14.3 Å². The number of aliphatic hydroxyl groups is 4. The highest BCUT2D eigenvalue weighted by molar-refractivity contribution is 7.39. The standard InChI is InChI=1S/C41H84O4.C14H23O3P/c1-3-5-7-9-11-13-15-17-19-21-23-25-27-29-31-33-35-41(45,40(37-42,38-43)39-44)36-34-32-30-28-26-24-22-20-18-16-14-12-10-8-6-4-2;1-13(2,3)10-7-8-12(17-18(15)16)11(9-10)14(4,5)6/h42-45H,3-39H2,1-2H3;7-9,15-16H,1-6H3. The van der Waals surface area contributed by atoms with E-state index in [0.717, 1.165) is 31.2 Å². The predicted octanol–water partition coefficient (Wildman–Crippen LogP) is 15.9. The van der Waals surface area contributed by atoms with E-state index in [2.05, 4.69) is 61.5 Å². The van der Waals surface area contributed by atoms with Gasteiger partial charge in [-0.25, -0.2) is 0 Å². The summed E-state index contributed by atoms with van der Waals surface area (Å²) in [6.45, 7) is 16.1. The van der Waals surface area contributed by atoms with E-state index in [-0.39, 0.29) is 30.7 Å². The van der Waals surface area contributed by atoms with E-state index >= 15 is 0 Å². The third kappa shape index (κ3) is 30.3. The van der Waals surface area contributed by atoms with Crippen molar-refractivity contribution in [3.8, 4) is 5.75 Å². The highest BCUT2D eigenvalue weighted by atomic mass is 31.2. The monoisotopic (exact) mass is 911 g/mol. The number of hydrogen-bond donors (Lipinski definition) is 6. The van der Waals surface area contributed by atoms with Gasteiger partial charge in [0.2, 0.25) is 0 Å². The predicted molar refractivity (Wildman–Crippen MR) is 273 cm³/mol. The molecule has 0 fully saturated rings. The third-order valence-corrected chi connectivity index (χ3v) is 14.0. The van der Waals surface area contributed by atoms with Crippen molar-refractivity contribution in [1.29, 1.82) is 0 Å². The number of aliphatic hydroxyl groups excluding tert-OH is 3. The smallest absolute Gasteiger partial charge is 0.391 e. The van der Waals surface area contributed by atoms with Crippen LogP contribution >= 0.6 is 8.60 Å². The van der Waals surface area contributed by atoms with Crippen molar-refractivity contribution >= 4 is 8.60 Å². The Morgan fingerprint density at radius 1 is 0.429 bits per heavy atom. The Morgan fingerprint density at radius 2 is 0.714 bits per heavy atom. The quantitative estimate of drug-likeness (QED) is 0.0286. The number of rotatable bonds is 40. The van der Waals surface area contributed by atoms with Gasteiger partial charge in [0.1, 0.15) is 5.75 Å². The normalized spacial score (nSPS) is 12.6. The molecule has 0 saturated heterocycles. The Labute approximate surface area is 392 Å². The van der Waals surface area contributed by atoms with Crippen LogP contribution in [-0.2, 0) is 10.8 Å². The number of benzene rings is 1. The minimum atomic E-state index is -2.38. The second kappa shape index (κ2) is 38.2. The van der Waals surface area contributed by atoms with Crippen LogP contribution in [0.5, 0.6) is 5.75 Å². The first-order valence-corrected chi connectivity index (χ1v) is 27.8. The summed E-state index contributed by atoms with van der Waals surface area (Å²) in [5.74, 6) is 0.548. The second-order valence-corrected chi connectivity index (χ2v) is 22.1. The van der Waals surface area contributed by atoms with Gasteiger partial charge in [-0.2, -0.15) is 0 Å². The lowest BCUT2D eigenvalue weighted by Crippen LogP contribution is -2.55. The Bertz CT molecular complexity index is 1110. The maximum atomic E-state index is 11.7. The molecule has 8 heteroatoms. The van der Waals surface area contributed by atoms with Gasteiger partial charge in [0.05, 0.1) is 30.8 Å². The summed E-state index contributed by atoms with van der Waals surface area (Å²) < 4.78 is 5.12. The van der Waals surface area contributed by atoms with Crippen LogP contribution in [0.4, 0.5) is 0 Å². The van der Waals surface area contributed by atoms with Crippen molar-refractivity contribution < 1.29 is 34.7 Å². The van der Waals surface area contributed by atoms with Crippen LogP contribution in [0.2, 0.25) is 0 Å². The second-order valence-electron chi connectivity index (χ2n) is 21.4. The van der Waals surface area contributed by atoms with Gasteiger partial charge < -0.3 is 34.7 Å². The summed E-state index contributed by atoms with van der Waals surface area (Å²) in [7, 11) is -2.38. The first-order valence-electron chi connectivity index (χ1n) is 26.6. The molecule has 1 rings (SSSR count). The van der Waals surface area contributed by atoms with Crippen LogP contribution in [0.25, 0.3) is 0 Å². The van der Waals surface area contributed by atoms with Crippen molar-refractivity contribution in [2.45, 2.75) is 290 Å². The molecular formula is C55H107O7P. The van der Waals surface area contributed by atoms with Gasteiger partial charge >= 0.3 is 8.60 Å². The SMILES string of the molecule is CC(C)(C)c1ccc(OP(O)O)c(C(C)(C)C)c1.CCCCCCCCCCCCCCCCCCC(O)(CCCCCCCCCCCCCCCCCC)C(CO)(CO)CO. The molecule has 0 aliphatic rings. The van der Waals surface area contributed by atoms with E-state index in [9.17, 15) is 20.4 Å². The summed E-state index contributed by atoms with van der Waals surface area (Å²) >= 11 is 0. The van der Waals surface area contributed by atoms with Gasteiger partial charge in [-0.3, -0.25) is 0 Å². The van der Waals surface area contributed by atoms with Gasteiger partial charge in [0.25, 0.3) is 0 Å². The molecule has 63 heavy (non-hydrogen) atoms. The molecule has 7 nitrogen and oxygen atoms in total. The van der Waals surface area contributed by atoms with E-state index in [0.29, 0.717) is 18.6 Å². The van der Waals surface area contributed by atoms with Crippen molar-refractivity contribution in [1.82, 2.24) is 0 Å². The van der Waals surface area contributed by atoms with Crippen molar-refractivity contribution in [2.75, 3.05) is 19.8 Å². The topological polar surface area (TPSA) is 131 Å². The zero-order valence-corrected chi connectivity index (χ0v) is 43.8. The minimum absolute atomic E-state index is 0.0572. The van der Waals surface area contributed by atoms with Crippen LogP contribution in [0.1, 0.15) is 285 Å². The average Bonchev–Trinajstić information content (AvgIpc) is 3.23. The summed E-state index contributed by atoms with van der Waals surface area (Å²) in [6.07, 6.45) is 43.0. The van der Waals surface area contributed by atoms with E-state index < -0.39 is 19.6 Å². The number of hydrogen-bond acceptors (Lipinski definition) is 7. The Balaban J connectivity index is 0.00000176. The molecule has 0 saturated carbocycles. The summed E-state index contributed by atoms with van der Waals surface area (Å²) in [5.41, 5.74) is -0.288. The van der Waals surface area contributed by atoms with Gasteiger partial charge in [-0.05, 0) is 35.3 Å². The van der Waals surface area contributed by atoms with E-state index in [1.807, 2.05) is 12.1 Å². The molecule has 0 unspecified atom stereocenters. The highest BCUT2D eigenvalue weighted by Gasteiger charge is 2.48. The molecule has 0 aliphatic carbocycles. The van der Waals surface area contributed by atoms with Crippen LogP contribution < -0.4 is 4.52 Å². The zero-order chi connectivity index (χ0) is 47.3. The maximum Gasteiger partial charge on any atom is 0.391 e. The summed E-state index contributed by atoms with van der Waals surface area (Å²) in [4.78, 5) is 18.0. The van der Waals surface area contributed by atoms with Gasteiger partial charge in [-0.1, -0.05) is 273 Å². The van der Waals surface area contributed by atoms with Crippen LogP contribution in [0.15, 0.2) is 18.2 Å². The maximum absolute atomic E-state index is 11.7. The minimum Gasteiger partial charge on any atom is -0.427 e. The highest BCUT2D eigenvalue weighted by Crippen LogP contribution is 2.41. The molecular weight excluding hydrogens is 804 g/mol. The van der Waals surface area contributed by atoms with Gasteiger partial charge in [-0.15, -0.1) is 0 Å². The van der Waals surface area contributed by atoms with Crippen LogP contribution in [0.3, 0.4) is 0 Å². The molecule has 0 radical (unpaired) electrons. The van der Waals surface area contributed by atoms with Gasteiger partial charge in [0, 0.05) is 5.56 Å². The lowest BCUT2D eigenvalue weighted by atomic mass is 9.68. The van der Waals surface area contributed by atoms with Crippen molar-refractivity contribution in [3.05, 3.63) is 29.3 Å². The average molecular weight is 911 g/mol. The van der Waals surface area contributed by atoms with Gasteiger partial charge in [0.15, 0.2) is 0 Å². The molecule has 0 aliphatic heterocycles. The van der Waals surface area contributed by atoms with Crippen molar-refractivity contribution in [2.24, 2.45) is 5.41 Å². The molecule has 1 aromatic carbocycles. The Morgan fingerprint density at radius 3 is 0.952 bits per heavy atom. The summed E-state index contributed by atoms with van der Waals surface area (Å²) in [6, 6.07) is 5.89. The lowest BCUT2D eigenvalue weighted by Gasteiger charge is -2.44. The Kier molecular flexibility index (Phi) is 37.7. The fourth-order valence-electron chi connectivity index (χ4n) is 8.93. The zero-order valence-electron chi connectivity index (χ0n) is 42.9. The summed E-state index contributed by atoms with van der Waals surface area (Å²) in [5, 5.41) is 42.0. The molecule has 0 amide bonds. The largest absolute Gasteiger partial charge is 0.427 e. The molecule has 374 valence electrons. The fourth-order valence-corrected chi connectivity index (χ4v) is 9.26. The van der Waals surface area contributed by atoms with Crippen molar-refractivity contribution in [3.63, 3.8) is 0 Å². The third-order valence-electron chi connectivity index (χ3n) is 13.6. The fraction of sp³-hybridized carbons (Fsp3) is 0.891. The lowest BCUT2D eigenvalue weighted by molar-refractivity contribution is -0.162. The van der Waals surface area contributed by atoms with Crippen LogP contribution in [0, 0.1) is 5.41 Å². The van der Waals surface area contributed by atoms with E-state index in [1.165, 1.54) is 185 Å². The Hall–Kier alpha value is -0.790. The molecule has 0 spiro atoms. The number of unbranched alkanes of at least 4 members (excludes halogenated alkanes) is 30. The molecule has 0 heterocycles. The van der Waals surface area contributed by atoms with E-state index in [1.54, 1.807) is 0 Å². The molecule has 0 bridgehead atoms.